The van der Waals surface area contributed by atoms with E-state index in [1.165, 1.54) is 0 Å². The number of rotatable bonds is 4. The second-order valence-electron chi connectivity index (χ2n) is 6.13. The molecule has 7 nitrogen and oxygen atoms in total. The van der Waals surface area contributed by atoms with Crippen molar-refractivity contribution >= 4 is 34.3 Å². The van der Waals surface area contributed by atoms with Crippen LogP contribution in [0.5, 0.6) is 0 Å². The molecule has 3 aromatic heterocycles. The molecule has 26 heavy (non-hydrogen) atoms. The Balaban J connectivity index is 1.70. The zero-order valence-corrected chi connectivity index (χ0v) is 14.9. The van der Waals surface area contributed by atoms with Gasteiger partial charge in [0.1, 0.15) is 5.82 Å². The van der Waals surface area contributed by atoms with Crippen molar-refractivity contribution in [2.45, 2.75) is 13.8 Å². The maximum absolute atomic E-state index is 4.58. The van der Waals surface area contributed by atoms with E-state index in [1.807, 2.05) is 31.3 Å². The number of aryl methyl sites for hydroxylation is 3. The SMILES string of the molecule is Cc1cccc(C)c1Nc1nn(C)c2nc(Nc3ccccn3)ncc12. The van der Waals surface area contributed by atoms with Crippen LogP contribution in [0.4, 0.5) is 23.3 Å². The highest BCUT2D eigenvalue weighted by atomic mass is 15.3. The third-order valence-electron chi connectivity index (χ3n) is 4.21. The molecule has 4 aromatic rings. The van der Waals surface area contributed by atoms with E-state index in [-0.39, 0.29) is 0 Å². The fraction of sp³-hybridized carbons (Fsp3) is 0.158. The van der Waals surface area contributed by atoms with E-state index in [0.29, 0.717) is 11.8 Å². The number of anilines is 4. The molecular weight excluding hydrogens is 326 g/mol. The Kier molecular flexibility index (Phi) is 3.96. The Bertz CT molecular complexity index is 1050. The number of nitrogens with zero attached hydrogens (tertiary/aromatic N) is 5. The summed E-state index contributed by atoms with van der Waals surface area (Å²) in [7, 11) is 1.87. The Morgan fingerprint density at radius 2 is 1.73 bits per heavy atom. The van der Waals surface area contributed by atoms with Gasteiger partial charge in [0.2, 0.25) is 5.95 Å². The van der Waals surface area contributed by atoms with Gasteiger partial charge in [-0.3, -0.25) is 0 Å². The van der Waals surface area contributed by atoms with Gasteiger partial charge >= 0.3 is 0 Å². The number of aromatic nitrogens is 5. The molecule has 3 heterocycles. The number of fused-ring (bicyclic) bond motifs is 1. The van der Waals surface area contributed by atoms with Crippen LogP contribution >= 0.6 is 0 Å². The van der Waals surface area contributed by atoms with Crippen LogP contribution in [-0.4, -0.2) is 24.7 Å². The van der Waals surface area contributed by atoms with Crippen molar-refractivity contribution in [1.82, 2.24) is 24.7 Å². The number of nitrogens with one attached hydrogen (secondary N) is 2. The van der Waals surface area contributed by atoms with Crippen molar-refractivity contribution in [2.24, 2.45) is 7.05 Å². The van der Waals surface area contributed by atoms with Crippen molar-refractivity contribution in [3.63, 3.8) is 0 Å². The topological polar surface area (TPSA) is 80.5 Å². The van der Waals surface area contributed by atoms with Crippen LogP contribution in [0, 0.1) is 13.8 Å². The Morgan fingerprint density at radius 1 is 0.923 bits per heavy atom. The smallest absolute Gasteiger partial charge is 0.230 e. The predicted octanol–water partition coefficient (Wildman–Crippen LogP) is 3.86. The average Bonchev–Trinajstić information content (AvgIpc) is 2.95. The first kappa shape index (κ1) is 16.0. The van der Waals surface area contributed by atoms with Crippen LogP contribution in [0.1, 0.15) is 11.1 Å². The van der Waals surface area contributed by atoms with E-state index in [0.717, 1.165) is 33.7 Å². The molecular formula is C19H19N7. The summed E-state index contributed by atoms with van der Waals surface area (Å²) in [6, 6.07) is 11.8. The summed E-state index contributed by atoms with van der Waals surface area (Å²) >= 11 is 0. The lowest BCUT2D eigenvalue weighted by Gasteiger charge is -2.10. The van der Waals surface area contributed by atoms with Crippen molar-refractivity contribution in [3.8, 4) is 0 Å². The molecule has 0 radical (unpaired) electrons. The van der Waals surface area contributed by atoms with Crippen LogP contribution in [0.25, 0.3) is 11.0 Å². The van der Waals surface area contributed by atoms with Gasteiger partial charge in [0.25, 0.3) is 0 Å². The lowest BCUT2D eigenvalue weighted by molar-refractivity contribution is 0.789. The van der Waals surface area contributed by atoms with E-state index in [2.05, 4.69) is 56.7 Å². The van der Waals surface area contributed by atoms with Crippen LogP contribution < -0.4 is 10.6 Å². The number of hydrogen-bond donors (Lipinski definition) is 2. The summed E-state index contributed by atoms with van der Waals surface area (Å²) in [5.74, 6) is 1.92. The van der Waals surface area contributed by atoms with E-state index in [9.17, 15) is 0 Å². The van der Waals surface area contributed by atoms with Gasteiger partial charge in [-0.2, -0.15) is 10.1 Å². The Morgan fingerprint density at radius 3 is 2.46 bits per heavy atom. The van der Waals surface area contributed by atoms with Crippen molar-refractivity contribution < 1.29 is 0 Å². The van der Waals surface area contributed by atoms with Crippen LogP contribution in [0.3, 0.4) is 0 Å². The highest BCUT2D eigenvalue weighted by Crippen LogP contribution is 2.28. The first-order valence-corrected chi connectivity index (χ1v) is 8.33. The highest BCUT2D eigenvalue weighted by Gasteiger charge is 2.13. The lowest BCUT2D eigenvalue weighted by atomic mass is 10.1. The van der Waals surface area contributed by atoms with Crippen molar-refractivity contribution in [3.05, 3.63) is 59.9 Å². The van der Waals surface area contributed by atoms with Crippen LogP contribution in [0.2, 0.25) is 0 Å². The minimum atomic E-state index is 0.484. The van der Waals surface area contributed by atoms with Crippen LogP contribution in [0.15, 0.2) is 48.8 Å². The summed E-state index contributed by atoms with van der Waals surface area (Å²) in [6.07, 6.45) is 3.49. The maximum Gasteiger partial charge on any atom is 0.230 e. The van der Waals surface area contributed by atoms with Gasteiger partial charge in [-0.05, 0) is 37.1 Å². The lowest BCUT2D eigenvalue weighted by Crippen LogP contribution is -2.00. The van der Waals surface area contributed by atoms with E-state index in [4.69, 9.17) is 0 Å². The predicted molar refractivity (Wildman–Crippen MR) is 103 cm³/mol. The fourth-order valence-corrected chi connectivity index (χ4v) is 2.87. The Hall–Kier alpha value is -3.48. The molecule has 1 aromatic carbocycles. The van der Waals surface area contributed by atoms with E-state index >= 15 is 0 Å². The summed E-state index contributed by atoms with van der Waals surface area (Å²) in [5, 5.41) is 12.0. The minimum Gasteiger partial charge on any atom is -0.338 e. The van der Waals surface area contributed by atoms with Gasteiger partial charge in [-0.1, -0.05) is 24.3 Å². The molecule has 0 aliphatic carbocycles. The van der Waals surface area contributed by atoms with Gasteiger partial charge in [-0.25, -0.2) is 14.6 Å². The third kappa shape index (κ3) is 2.95. The molecule has 0 amide bonds. The second-order valence-corrected chi connectivity index (χ2v) is 6.13. The molecule has 0 bridgehead atoms. The summed E-state index contributed by atoms with van der Waals surface area (Å²) < 4.78 is 1.75. The summed E-state index contributed by atoms with van der Waals surface area (Å²) in [4.78, 5) is 13.2. The monoisotopic (exact) mass is 345 g/mol. The molecule has 0 atom stereocenters. The van der Waals surface area contributed by atoms with Gasteiger partial charge < -0.3 is 10.6 Å². The van der Waals surface area contributed by atoms with E-state index < -0.39 is 0 Å². The zero-order chi connectivity index (χ0) is 18.1. The summed E-state index contributed by atoms with van der Waals surface area (Å²) in [5.41, 5.74) is 4.13. The first-order chi connectivity index (χ1) is 12.6. The van der Waals surface area contributed by atoms with Crippen molar-refractivity contribution in [1.29, 1.82) is 0 Å². The molecule has 0 spiro atoms. The standard InChI is InChI=1S/C19H19N7/c1-12-7-6-8-13(2)16(12)23-17-14-11-21-19(24-18(14)26(3)25-17)22-15-9-4-5-10-20-15/h4-11H,1-3H3,(H,23,25)(H,20,21,22,24). The third-order valence-corrected chi connectivity index (χ3v) is 4.21. The van der Waals surface area contributed by atoms with Crippen LogP contribution in [-0.2, 0) is 7.05 Å². The second kappa shape index (κ2) is 6.44. The molecule has 2 N–H and O–H groups in total. The molecule has 0 saturated heterocycles. The highest BCUT2D eigenvalue weighted by molar-refractivity contribution is 5.90. The number of para-hydroxylation sites is 1. The first-order valence-electron chi connectivity index (χ1n) is 8.33. The number of hydrogen-bond acceptors (Lipinski definition) is 6. The van der Waals surface area contributed by atoms with Gasteiger partial charge in [-0.15, -0.1) is 0 Å². The normalized spacial score (nSPS) is 10.9. The molecule has 0 aliphatic rings. The molecule has 0 aliphatic heterocycles. The minimum absolute atomic E-state index is 0.484. The number of pyridine rings is 1. The largest absolute Gasteiger partial charge is 0.338 e. The molecule has 0 fully saturated rings. The maximum atomic E-state index is 4.58. The molecule has 0 saturated carbocycles. The Labute approximate surface area is 151 Å². The molecule has 4 rings (SSSR count). The number of benzene rings is 1. The zero-order valence-electron chi connectivity index (χ0n) is 14.9. The van der Waals surface area contributed by atoms with Gasteiger partial charge in [0, 0.05) is 25.1 Å². The van der Waals surface area contributed by atoms with Gasteiger partial charge in [0.15, 0.2) is 11.5 Å². The fourth-order valence-electron chi connectivity index (χ4n) is 2.87. The average molecular weight is 345 g/mol. The van der Waals surface area contributed by atoms with Gasteiger partial charge in [0.05, 0.1) is 5.39 Å². The van der Waals surface area contributed by atoms with Crippen molar-refractivity contribution in [2.75, 3.05) is 10.6 Å². The summed E-state index contributed by atoms with van der Waals surface area (Å²) in [6.45, 7) is 4.15. The van der Waals surface area contributed by atoms with E-state index in [1.54, 1.807) is 17.1 Å². The molecule has 130 valence electrons. The molecule has 0 unspecified atom stereocenters. The quantitative estimate of drug-likeness (QED) is 0.584. The molecule has 7 heteroatoms.